The van der Waals surface area contributed by atoms with Gasteiger partial charge in [0.1, 0.15) is 6.54 Å². The topological polar surface area (TPSA) is 194 Å². The molecule has 7 amide bonds. The summed E-state index contributed by atoms with van der Waals surface area (Å²) in [5, 5.41) is 20.5. The Hall–Kier alpha value is -5.53. The van der Waals surface area contributed by atoms with Crippen molar-refractivity contribution >= 4 is 41.5 Å². The van der Waals surface area contributed by atoms with E-state index in [-0.39, 0.29) is 48.0 Å². The number of urea groups is 1. The van der Waals surface area contributed by atoms with Gasteiger partial charge in [0.25, 0.3) is 5.91 Å². The highest BCUT2D eigenvalue weighted by molar-refractivity contribution is 6.01. The maximum absolute atomic E-state index is 12.4. The first-order chi connectivity index (χ1) is 31.7. The Morgan fingerprint density at radius 2 is 1.21 bits per heavy atom. The Kier molecular flexibility index (Phi) is 36.6. The maximum atomic E-state index is 12.4. The number of benzene rings is 2. The summed E-state index contributed by atoms with van der Waals surface area (Å²) < 4.78 is 0. The number of nitrogens with one attached hydrogen (secondary N) is 4. The molecule has 1 aliphatic heterocycles. The van der Waals surface area contributed by atoms with Gasteiger partial charge in [-0.15, -0.1) is 0 Å². The van der Waals surface area contributed by atoms with Gasteiger partial charge in [0.15, 0.2) is 0 Å². The minimum atomic E-state index is -0.918. The first kappa shape index (κ1) is 63.6. The van der Waals surface area contributed by atoms with E-state index in [2.05, 4.69) is 62.5 Å². The van der Waals surface area contributed by atoms with Crippen LogP contribution in [0.15, 0.2) is 72.8 Å². The second-order valence-electron chi connectivity index (χ2n) is 17.5. The van der Waals surface area contributed by atoms with Gasteiger partial charge in [-0.25, -0.2) is 4.79 Å². The first-order valence-corrected chi connectivity index (χ1v) is 24.3. The lowest BCUT2D eigenvalue weighted by Gasteiger charge is -2.24. The van der Waals surface area contributed by atoms with Crippen molar-refractivity contribution in [1.29, 1.82) is 0 Å². The fourth-order valence-corrected chi connectivity index (χ4v) is 6.37. The second kappa shape index (κ2) is 38.6. The molecule has 1 aliphatic rings. The molecule has 0 saturated carbocycles. The number of carboxylic acids is 1. The maximum Gasteiger partial charge on any atom is 0.327 e. The van der Waals surface area contributed by atoms with Gasteiger partial charge in [0.05, 0.1) is 11.8 Å². The van der Waals surface area contributed by atoms with Crippen molar-refractivity contribution in [2.75, 3.05) is 45.8 Å². The molecule has 14 nitrogen and oxygen atoms in total. The normalized spacial score (nSPS) is 12.9. The Bertz CT molecular complexity index is 1720. The van der Waals surface area contributed by atoms with Crippen LogP contribution < -0.4 is 21.3 Å². The molecule has 0 spiro atoms. The third-order valence-electron chi connectivity index (χ3n) is 10.5. The predicted octanol–water partition coefficient (Wildman–Crippen LogP) is 9.22. The Morgan fingerprint density at radius 3 is 1.61 bits per heavy atom. The molecular formula is C53H88N6O8. The Balaban J connectivity index is 0. The van der Waals surface area contributed by atoms with Crippen LogP contribution in [0.3, 0.4) is 0 Å². The van der Waals surface area contributed by atoms with Crippen LogP contribution in [0.5, 0.6) is 0 Å². The van der Waals surface area contributed by atoms with Crippen LogP contribution in [0.4, 0.5) is 4.79 Å². The SMILES string of the molecule is C=C(C)C(=O)NCC.CC(=O)NCCCC(C)C.CC(C)CCCNC(=O)c1ccccc1.CCCCCNC(=O)C(CC(C)c1ccccc1)C(C)C(=O)O.CCN1CC(=O)N(CC)C1=O. The number of imide groups is 1. The molecule has 0 aliphatic carbocycles. The number of nitrogens with zero attached hydrogens (tertiary/aromatic N) is 2. The second-order valence-corrected chi connectivity index (χ2v) is 17.5. The fourth-order valence-electron chi connectivity index (χ4n) is 6.37. The molecular weight excluding hydrogens is 849 g/mol. The van der Waals surface area contributed by atoms with Gasteiger partial charge in [-0.3, -0.25) is 33.7 Å². The van der Waals surface area contributed by atoms with Crippen molar-refractivity contribution in [3.63, 3.8) is 0 Å². The summed E-state index contributed by atoms with van der Waals surface area (Å²) in [6.45, 7) is 31.0. The quantitative estimate of drug-likeness (QED) is 0.0413. The number of hydrogen-bond acceptors (Lipinski definition) is 7. The van der Waals surface area contributed by atoms with Gasteiger partial charge in [-0.2, -0.15) is 0 Å². The van der Waals surface area contributed by atoms with Crippen LogP contribution in [-0.2, 0) is 24.0 Å². The number of unbranched alkanes of at least 4 members (excludes halogenated alkanes) is 2. The molecule has 0 radical (unpaired) electrons. The average molecular weight is 937 g/mol. The van der Waals surface area contributed by atoms with E-state index in [0.717, 1.165) is 68.7 Å². The summed E-state index contributed by atoms with van der Waals surface area (Å²) in [6.07, 6.45) is 8.14. The monoisotopic (exact) mass is 937 g/mol. The highest BCUT2D eigenvalue weighted by atomic mass is 16.4. The molecule has 1 fully saturated rings. The number of aliphatic carboxylic acids is 1. The van der Waals surface area contributed by atoms with Crippen molar-refractivity contribution in [2.24, 2.45) is 23.7 Å². The van der Waals surface area contributed by atoms with E-state index < -0.39 is 17.8 Å². The van der Waals surface area contributed by atoms with Crippen molar-refractivity contribution in [3.05, 3.63) is 83.9 Å². The van der Waals surface area contributed by atoms with E-state index >= 15 is 0 Å². The predicted molar refractivity (Wildman–Crippen MR) is 271 cm³/mol. The largest absolute Gasteiger partial charge is 0.481 e. The summed E-state index contributed by atoms with van der Waals surface area (Å²) >= 11 is 0. The summed E-state index contributed by atoms with van der Waals surface area (Å²) in [5.74, 6) is -0.707. The zero-order valence-electron chi connectivity index (χ0n) is 43.2. The smallest absolute Gasteiger partial charge is 0.327 e. The zero-order chi connectivity index (χ0) is 51.3. The van der Waals surface area contributed by atoms with Gasteiger partial charge in [-0.05, 0) is 102 Å². The minimum absolute atomic E-state index is 0.0272. The number of amides is 7. The van der Waals surface area contributed by atoms with Gasteiger partial charge in [0, 0.05) is 57.3 Å². The van der Waals surface area contributed by atoms with E-state index in [1.807, 2.05) is 81.4 Å². The fraction of sp³-hybridized carbons (Fsp3) is 0.604. The molecule has 0 bridgehead atoms. The molecule has 378 valence electrons. The minimum Gasteiger partial charge on any atom is -0.481 e. The Labute approximate surface area is 403 Å². The number of carbonyl (C=O) groups is 7. The highest BCUT2D eigenvalue weighted by Gasteiger charge is 2.33. The lowest BCUT2D eigenvalue weighted by atomic mass is 9.82. The van der Waals surface area contributed by atoms with Crippen molar-refractivity contribution in [1.82, 2.24) is 31.1 Å². The highest BCUT2D eigenvalue weighted by Crippen LogP contribution is 2.28. The summed E-state index contributed by atoms with van der Waals surface area (Å²) in [6, 6.07) is 19.1. The first-order valence-electron chi connectivity index (χ1n) is 24.3. The molecule has 0 aromatic heterocycles. The molecule has 3 unspecified atom stereocenters. The number of likely N-dealkylation sites (N-methyl/N-ethyl adjacent to an activating group) is 3. The van der Waals surface area contributed by atoms with Crippen molar-refractivity contribution < 1.29 is 38.7 Å². The van der Waals surface area contributed by atoms with Gasteiger partial charge < -0.3 is 31.3 Å². The molecule has 1 saturated heterocycles. The third-order valence-corrected chi connectivity index (χ3v) is 10.5. The number of carbonyl (C=O) groups excluding carboxylic acids is 6. The molecule has 67 heavy (non-hydrogen) atoms. The lowest BCUT2D eigenvalue weighted by Crippen LogP contribution is -2.38. The molecule has 3 atom stereocenters. The number of rotatable bonds is 23. The third kappa shape index (κ3) is 31.1. The van der Waals surface area contributed by atoms with Crippen molar-refractivity contribution in [2.45, 2.75) is 140 Å². The van der Waals surface area contributed by atoms with Crippen LogP contribution in [0.2, 0.25) is 0 Å². The van der Waals surface area contributed by atoms with Gasteiger partial charge >= 0.3 is 12.0 Å². The molecule has 14 heteroatoms. The van der Waals surface area contributed by atoms with E-state index in [4.69, 9.17) is 0 Å². The molecule has 5 N–H and O–H groups in total. The Morgan fingerprint density at radius 1 is 0.687 bits per heavy atom. The summed E-state index contributed by atoms with van der Waals surface area (Å²) in [7, 11) is 0. The lowest BCUT2D eigenvalue weighted by molar-refractivity contribution is -0.146. The number of hydrogen-bond donors (Lipinski definition) is 5. The van der Waals surface area contributed by atoms with E-state index in [9.17, 15) is 38.7 Å². The van der Waals surface area contributed by atoms with Gasteiger partial charge in [-0.1, -0.05) is 116 Å². The molecule has 3 rings (SSSR count). The van der Waals surface area contributed by atoms with E-state index in [1.54, 1.807) is 27.7 Å². The van der Waals surface area contributed by atoms with Crippen LogP contribution >= 0.6 is 0 Å². The van der Waals surface area contributed by atoms with Crippen LogP contribution in [0.1, 0.15) is 156 Å². The van der Waals surface area contributed by atoms with Crippen LogP contribution in [0.25, 0.3) is 0 Å². The zero-order valence-corrected chi connectivity index (χ0v) is 43.2. The van der Waals surface area contributed by atoms with Gasteiger partial charge in [0.2, 0.25) is 23.6 Å². The average Bonchev–Trinajstić information content (AvgIpc) is 3.59. The van der Waals surface area contributed by atoms with E-state index in [1.165, 1.54) is 16.2 Å². The van der Waals surface area contributed by atoms with Crippen LogP contribution in [0, 0.1) is 23.7 Å². The molecule has 2 aromatic rings. The standard InChI is InChI=1S/C19H29NO3.C13H19NO.C8H17NO.C7H12N2O2.C6H11NO/c1-4-5-9-12-20-18(21)17(15(3)19(22)23)13-14(2)16-10-7-6-8-11-16;1-11(2)7-6-10-14-13(15)12-8-4-3-5-9-12;1-7(2)5-4-6-9-8(3)10;1-3-8-5-6(10)9(4-2)7(8)11;1-4-7-6(8)5(2)3/h6-8,10-11,14-15,17H,4-5,9,12-13H2,1-3H3,(H,20,21)(H,22,23);3-5,8-9,11H,6-7,10H2,1-2H3,(H,14,15);7H,4-6H2,1-3H3,(H,9,10);3-5H2,1-2H3;2,4H2,1,3H3,(H,7,8). The van der Waals surface area contributed by atoms with Crippen molar-refractivity contribution in [3.8, 4) is 0 Å². The van der Waals surface area contributed by atoms with Crippen LogP contribution in [-0.4, -0.2) is 102 Å². The molecule has 2 aromatic carbocycles. The summed E-state index contributed by atoms with van der Waals surface area (Å²) in [4.78, 5) is 81.4. The molecule has 1 heterocycles. The number of carboxylic acid groups (broad SMARTS) is 1. The van der Waals surface area contributed by atoms with E-state index in [0.29, 0.717) is 44.1 Å². The summed E-state index contributed by atoms with van der Waals surface area (Å²) in [5.41, 5.74) is 2.43.